The van der Waals surface area contributed by atoms with E-state index in [0.29, 0.717) is 5.69 Å². The number of alkyl halides is 9. The molecule has 3 saturated carbocycles. The van der Waals surface area contributed by atoms with Gasteiger partial charge in [-0.2, -0.15) is 39.5 Å². The summed E-state index contributed by atoms with van der Waals surface area (Å²) in [5.74, 6) is 4.67. The van der Waals surface area contributed by atoms with Crippen LogP contribution in [0.4, 0.5) is 45.2 Å². The van der Waals surface area contributed by atoms with E-state index in [1.54, 1.807) is 81.4 Å². The van der Waals surface area contributed by atoms with Crippen molar-refractivity contribution in [3.8, 4) is 50.6 Å². The number of para-hydroxylation sites is 1. The van der Waals surface area contributed by atoms with E-state index >= 15 is 0 Å². The molecule has 0 saturated heterocycles. The average molecular weight is 1460 g/mol. The molecule has 3 fully saturated rings. The van der Waals surface area contributed by atoms with Gasteiger partial charge in [0.2, 0.25) is 10.0 Å². The fraction of sp³-hybridized carbons (Fsp3) is 0.296. The summed E-state index contributed by atoms with van der Waals surface area (Å²) in [7, 11) is -3.42. The molecule has 3 aromatic heterocycles. The smallest absolute Gasteiger partial charge is 0.425 e. The van der Waals surface area contributed by atoms with Crippen LogP contribution in [0.15, 0.2) is 200 Å². The number of benzene rings is 9. The maximum atomic E-state index is 12.7. The van der Waals surface area contributed by atoms with E-state index in [4.69, 9.17) is 29.2 Å². The zero-order valence-electron chi connectivity index (χ0n) is 58.0. The fourth-order valence-electron chi connectivity index (χ4n) is 13.3. The van der Waals surface area contributed by atoms with E-state index in [0.717, 1.165) is 158 Å². The van der Waals surface area contributed by atoms with Crippen molar-refractivity contribution in [1.82, 2.24) is 29.9 Å². The third-order valence-electron chi connectivity index (χ3n) is 19.3. The number of anilines is 1. The molecule has 14 nitrogen and oxygen atoms in total. The first-order chi connectivity index (χ1) is 49.7. The zero-order valence-corrected chi connectivity index (χ0v) is 58.9. The number of nitrogens with zero attached hydrogens (tertiary/aromatic N) is 3. The topological polar surface area (TPSA) is 200 Å². The molecule has 24 heteroatoms. The van der Waals surface area contributed by atoms with E-state index in [1.807, 2.05) is 127 Å². The lowest BCUT2D eigenvalue weighted by Gasteiger charge is -2.21. The Bertz CT molecular complexity index is 5210. The third kappa shape index (κ3) is 17.1. The van der Waals surface area contributed by atoms with Gasteiger partial charge in [-0.05, 0) is 213 Å². The molecule has 3 aliphatic carbocycles. The van der Waals surface area contributed by atoms with Crippen molar-refractivity contribution in [2.45, 2.75) is 145 Å². The number of aromatic nitrogens is 6. The van der Waals surface area contributed by atoms with Crippen LogP contribution in [0.1, 0.15) is 148 Å². The van der Waals surface area contributed by atoms with Gasteiger partial charge in [-0.25, -0.2) is 23.4 Å². The number of ether oxygens (including phenoxy) is 3. The number of fused-ring (bicyclic) bond motifs is 3. The summed E-state index contributed by atoms with van der Waals surface area (Å²) in [4.78, 5) is 24.6. The second kappa shape index (κ2) is 28.7. The Hall–Kier alpha value is -10.2. The van der Waals surface area contributed by atoms with Crippen molar-refractivity contribution in [1.29, 1.82) is 0 Å². The highest BCUT2D eigenvalue weighted by Gasteiger charge is 2.45. The highest BCUT2D eigenvalue weighted by Crippen LogP contribution is 2.57. The Balaban J connectivity index is 0.000000140. The number of nitrogens with one attached hydrogen (secondary N) is 4. The Kier molecular flexibility index (Phi) is 20.0. The molecule has 6 N–H and O–H groups in total. The summed E-state index contributed by atoms with van der Waals surface area (Å²) in [5, 5.41) is 20.7. The van der Waals surface area contributed by atoms with Gasteiger partial charge in [-0.1, -0.05) is 121 Å². The van der Waals surface area contributed by atoms with Crippen LogP contribution in [0.3, 0.4) is 0 Å². The van der Waals surface area contributed by atoms with Gasteiger partial charge in [0.25, 0.3) is 0 Å². The monoisotopic (exact) mass is 1460 g/mol. The third-order valence-corrected chi connectivity index (χ3v) is 19.9. The number of imidazole rings is 3. The van der Waals surface area contributed by atoms with Crippen LogP contribution < -0.4 is 18.9 Å². The highest BCUT2D eigenvalue weighted by molar-refractivity contribution is 7.92. The Morgan fingerprint density at radius 1 is 0.438 bits per heavy atom. The van der Waals surface area contributed by atoms with E-state index in [2.05, 4.69) is 31.8 Å². The first-order valence-corrected chi connectivity index (χ1v) is 36.2. The van der Waals surface area contributed by atoms with Gasteiger partial charge in [0.05, 0.1) is 56.7 Å². The van der Waals surface area contributed by atoms with Gasteiger partial charge in [-0.15, -0.1) is 0 Å². The Labute approximate surface area is 600 Å². The van der Waals surface area contributed by atoms with Gasteiger partial charge < -0.3 is 39.4 Å². The second-order valence-electron chi connectivity index (χ2n) is 27.8. The molecule has 15 rings (SSSR count). The minimum atomic E-state index is -4.41. The molecule has 0 radical (unpaired) electrons. The number of aromatic amines is 3. The van der Waals surface area contributed by atoms with E-state index < -0.39 is 58.6 Å². The first-order valence-electron chi connectivity index (χ1n) is 34.3. The fourth-order valence-corrected chi connectivity index (χ4v) is 13.9. The number of aliphatic hydroxyl groups excluding tert-OH is 1. The lowest BCUT2D eigenvalue weighted by molar-refractivity contribution is -0.189. The van der Waals surface area contributed by atoms with Crippen molar-refractivity contribution in [2.75, 3.05) is 11.0 Å². The number of rotatable bonds is 19. The molecule has 9 aromatic carbocycles. The van der Waals surface area contributed by atoms with Gasteiger partial charge >= 0.3 is 18.5 Å². The zero-order chi connectivity index (χ0) is 74.7. The second-order valence-corrected chi connectivity index (χ2v) is 29.6. The lowest BCUT2D eigenvalue weighted by atomic mass is 9.89. The van der Waals surface area contributed by atoms with Gasteiger partial charge in [0.15, 0.2) is 18.3 Å². The van der Waals surface area contributed by atoms with Crippen molar-refractivity contribution < 1.29 is 72.4 Å². The van der Waals surface area contributed by atoms with Gasteiger partial charge in [-0.3, -0.25) is 4.72 Å². The molecular weight excluding hydrogens is 1390 g/mol. The number of hydrogen-bond acceptors (Lipinski definition) is 10. The molecular formula is C81H76F9N7O7S. The Morgan fingerprint density at radius 3 is 1.11 bits per heavy atom. The largest absolute Gasteiger partial charge is 0.481 e. The minimum absolute atomic E-state index is 0.181. The maximum absolute atomic E-state index is 12.7. The van der Waals surface area contributed by atoms with Crippen LogP contribution in [-0.2, 0) is 15.6 Å². The summed E-state index contributed by atoms with van der Waals surface area (Å²) in [5.41, 5.74) is 15.3. The Morgan fingerprint density at radius 2 is 0.762 bits per heavy atom. The maximum Gasteiger partial charge on any atom is 0.425 e. The highest BCUT2D eigenvalue weighted by atomic mass is 32.2. The quantitative estimate of drug-likeness (QED) is 0.0423. The molecule has 10 atom stereocenters. The van der Waals surface area contributed by atoms with Crippen LogP contribution in [-0.4, -0.2) is 91.6 Å². The molecule has 0 spiro atoms. The first kappa shape index (κ1) is 73.2. The van der Waals surface area contributed by atoms with E-state index in [-0.39, 0.29) is 52.8 Å². The number of sulfonamides is 1. The SMILES string of the molecule is CC(O)c1ccccc1-c1ccc2nc(C3CC3c3ccc(OC(C)C(F)(F)F)cc3)[nH]c2c1.CC(Oc1ccc(C2CC2c2nc3ccc(-c4ccccc4C(C)(C)O)cc3[nH]2)cc1)C(F)(F)F.CC(Oc1ccc(C2CC2c2nc3ccc(-c4ccccc4NS(C)(=O)=O)cc3[nH]2)cc1)C(F)(F)F. The molecule has 105 heavy (non-hydrogen) atoms. The molecule has 10 unspecified atom stereocenters. The number of hydrogen-bond donors (Lipinski definition) is 6. The van der Waals surface area contributed by atoms with Crippen molar-refractivity contribution in [2.24, 2.45) is 0 Å². The van der Waals surface area contributed by atoms with Crippen LogP contribution in [0.5, 0.6) is 17.2 Å². The molecule has 12 aromatic rings. The van der Waals surface area contributed by atoms with Crippen LogP contribution >= 0.6 is 0 Å². The van der Waals surface area contributed by atoms with Crippen molar-refractivity contribution >= 4 is 48.8 Å². The molecule has 0 aliphatic heterocycles. The molecule has 3 heterocycles. The summed E-state index contributed by atoms with van der Waals surface area (Å²) in [6.45, 7) is 8.30. The number of H-pyrrole nitrogens is 3. The van der Waals surface area contributed by atoms with Gasteiger partial charge in [0.1, 0.15) is 34.7 Å². The molecule has 0 amide bonds. The van der Waals surface area contributed by atoms with E-state index in [1.165, 1.54) is 0 Å². The summed E-state index contributed by atoms with van der Waals surface area (Å²) in [6.07, 6.45) is -15.5. The number of aliphatic hydroxyl groups is 2. The van der Waals surface area contributed by atoms with Crippen LogP contribution in [0.25, 0.3) is 66.5 Å². The average Bonchev–Trinajstić information content (AvgIpc) is 1.57. The van der Waals surface area contributed by atoms with Crippen molar-refractivity contribution in [3.63, 3.8) is 0 Å². The van der Waals surface area contributed by atoms with Crippen LogP contribution in [0.2, 0.25) is 0 Å². The van der Waals surface area contributed by atoms with Gasteiger partial charge in [0, 0.05) is 23.3 Å². The predicted octanol–water partition coefficient (Wildman–Crippen LogP) is 20.1. The van der Waals surface area contributed by atoms with Crippen molar-refractivity contribution in [3.05, 3.63) is 245 Å². The molecule has 3 aliphatic rings. The summed E-state index contributed by atoms with van der Waals surface area (Å²) in [6, 6.07) is 61.1. The summed E-state index contributed by atoms with van der Waals surface area (Å²) < 4.78 is 156. The van der Waals surface area contributed by atoms with Crippen LogP contribution in [0, 0.1) is 0 Å². The number of halogens is 9. The lowest BCUT2D eigenvalue weighted by Crippen LogP contribution is -2.31. The molecule has 546 valence electrons. The predicted molar refractivity (Wildman–Crippen MR) is 387 cm³/mol. The minimum Gasteiger partial charge on any atom is -0.481 e. The standard InChI is InChI=1S/C28H27F3N2O2.C27H25F3N2O2.C26H24F3N3O3S/c1-16(28(29,30)31)35-19-11-8-17(9-12-19)21-15-22(21)26-32-24-13-10-18(14-25(24)33-26)20-6-4-5-7-23(20)27(2,3)34;1-15(33)20-5-3-4-6-21(20)18-9-12-24-25(13-18)32-26(31-24)23-14-22(23)17-7-10-19(11-8-17)34-16(2)27(28,29)30;1-15(26(27,28)29)35-18-10-7-16(8-11-18)20-14-21(20)25-30-23-12-9-17(13-24(23)31-25)19-5-3-4-6-22(19)32-36(2,33)34/h4-14,16,21-22,34H,15H2,1-3H3,(H,32,33);3-13,15-16,22-23,33H,14H2,1-2H3,(H,31,32);3-13,15,20-21,32H,14H2,1-2H3,(H,30,31). The van der Waals surface area contributed by atoms with E-state index in [9.17, 15) is 58.1 Å². The summed E-state index contributed by atoms with van der Waals surface area (Å²) >= 11 is 0. The normalized spacial score (nSPS) is 19.1. The molecule has 0 bridgehead atoms.